The maximum atomic E-state index is 9.69. The molecule has 0 radical (unpaired) electrons. The number of aryl methyl sites for hydroxylation is 1. The van der Waals surface area contributed by atoms with Gasteiger partial charge in [0, 0.05) is 18.8 Å². The van der Waals surface area contributed by atoms with Crippen LogP contribution in [0.15, 0.2) is 18.2 Å². The number of pyridine rings is 1. The van der Waals surface area contributed by atoms with Gasteiger partial charge in [-0.25, -0.2) is 0 Å². The van der Waals surface area contributed by atoms with E-state index in [1.807, 2.05) is 32.2 Å². The molecule has 0 aliphatic heterocycles. The maximum Gasteiger partial charge on any atom is 0.0667 e. The Labute approximate surface area is 98.1 Å². The van der Waals surface area contributed by atoms with Crippen LogP contribution < -0.4 is 0 Å². The molecular formula is C13H22N2O. The zero-order valence-electron chi connectivity index (χ0n) is 10.5. The number of hydrogen-bond donors (Lipinski definition) is 1. The summed E-state index contributed by atoms with van der Waals surface area (Å²) in [6.07, 6.45) is 1.67. The second-order valence-corrected chi connectivity index (χ2v) is 4.41. The Morgan fingerprint density at radius 2 is 2.19 bits per heavy atom. The average Bonchev–Trinajstić information content (AvgIpc) is 2.17. The van der Waals surface area contributed by atoms with Crippen LogP contribution in [0.5, 0.6) is 0 Å². The fourth-order valence-corrected chi connectivity index (χ4v) is 1.81. The number of aromatic nitrogens is 1. The van der Waals surface area contributed by atoms with Crippen molar-refractivity contribution < 1.29 is 5.11 Å². The summed E-state index contributed by atoms with van der Waals surface area (Å²) in [7, 11) is 2.02. The number of aliphatic hydroxyl groups is 1. The highest BCUT2D eigenvalue weighted by Crippen LogP contribution is 2.04. The van der Waals surface area contributed by atoms with Gasteiger partial charge in [0.1, 0.15) is 0 Å². The number of hydrogen-bond acceptors (Lipinski definition) is 3. The van der Waals surface area contributed by atoms with Crippen molar-refractivity contribution in [1.82, 2.24) is 9.88 Å². The van der Waals surface area contributed by atoms with E-state index in [2.05, 4.69) is 16.8 Å². The fraction of sp³-hybridized carbons (Fsp3) is 0.615. The molecule has 0 aromatic carbocycles. The quantitative estimate of drug-likeness (QED) is 0.799. The van der Waals surface area contributed by atoms with Crippen LogP contribution in [0.3, 0.4) is 0 Å². The molecule has 1 aromatic heterocycles. The van der Waals surface area contributed by atoms with Crippen molar-refractivity contribution in [1.29, 1.82) is 0 Å². The Balaban J connectivity index is 2.42. The van der Waals surface area contributed by atoms with Crippen molar-refractivity contribution in [3.05, 3.63) is 29.6 Å². The number of likely N-dealkylation sites (N-methyl/N-ethyl adjacent to an activating group) is 1. The van der Waals surface area contributed by atoms with Crippen LogP contribution in [-0.2, 0) is 6.54 Å². The molecule has 0 aliphatic carbocycles. The maximum absolute atomic E-state index is 9.69. The molecular weight excluding hydrogens is 200 g/mol. The van der Waals surface area contributed by atoms with Gasteiger partial charge in [-0.3, -0.25) is 9.88 Å². The molecule has 1 atom stereocenters. The smallest absolute Gasteiger partial charge is 0.0667 e. The van der Waals surface area contributed by atoms with Crippen molar-refractivity contribution in [2.45, 2.75) is 39.3 Å². The SMILES string of the molecule is CCCC(O)CN(C)Cc1cccc(C)n1. The lowest BCUT2D eigenvalue weighted by Gasteiger charge is -2.19. The second kappa shape index (κ2) is 6.61. The third-order valence-electron chi connectivity index (χ3n) is 2.52. The Kier molecular flexibility index (Phi) is 5.43. The third-order valence-corrected chi connectivity index (χ3v) is 2.52. The van der Waals surface area contributed by atoms with E-state index < -0.39 is 0 Å². The minimum absolute atomic E-state index is 0.222. The van der Waals surface area contributed by atoms with E-state index in [9.17, 15) is 5.11 Å². The van der Waals surface area contributed by atoms with Gasteiger partial charge in [-0.2, -0.15) is 0 Å². The van der Waals surface area contributed by atoms with E-state index in [1.54, 1.807) is 0 Å². The lowest BCUT2D eigenvalue weighted by atomic mass is 10.2. The molecule has 0 saturated heterocycles. The molecule has 3 nitrogen and oxygen atoms in total. The van der Waals surface area contributed by atoms with Crippen molar-refractivity contribution in [3.63, 3.8) is 0 Å². The molecule has 3 heteroatoms. The molecule has 1 rings (SSSR count). The normalized spacial score (nSPS) is 13.1. The molecule has 0 aliphatic rings. The van der Waals surface area contributed by atoms with Crippen LogP contribution in [0.2, 0.25) is 0 Å². The van der Waals surface area contributed by atoms with E-state index in [4.69, 9.17) is 0 Å². The van der Waals surface area contributed by atoms with Gasteiger partial charge in [-0.1, -0.05) is 19.4 Å². The molecule has 90 valence electrons. The first-order valence-electron chi connectivity index (χ1n) is 5.91. The predicted octanol–water partition coefficient (Wildman–Crippen LogP) is 1.98. The lowest BCUT2D eigenvalue weighted by Crippen LogP contribution is -2.28. The summed E-state index contributed by atoms with van der Waals surface area (Å²) in [5.74, 6) is 0. The highest BCUT2D eigenvalue weighted by atomic mass is 16.3. The molecule has 1 aromatic rings. The summed E-state index contributed by atoms with van der Waals surface area (Å²) < 4.78 is 0. The Hall–Kier alpha value is -0.930. The van der Waals surface area contributed by atoms with Gasteiger partial charge in [-0.15, -0.1) is 0 Å². The van der Waals surface area contributed by atoms with Gasteiger partial charge in [0.25, 0.3) is 0 Å². The predicted molar refractivity (Wildman–Crippen MR) is 66.2 cm³/mol. The summed E-state index contributed by atoms with van der Waals surface area (Å²) >= 11 is 0. The van der Waals surface area contributed by atoms with E-state index in [0.29, 0.717) is 6.54 Å². The van der Waals surface area contributed by atoms with E-state index in [0.717, 1.165) is 30.8 Å². The topological polar surface area (TPSA) is 36.4 Å². The molecule has 0 fully saturated rings. The van der Waals surface area contributed by atoms with Gasteiger partial charge >= 0.3 is 0 Å². The van der Waals surface area contributed by atoms with Crippen LogP contribution in [-0.4, -0.2) is 34.7 Å². The van der Waals surface area contributed by atoms with Crippen LogP contribution in [0, 0.1) is 6.92 Å². The summed E-state index contributed by atoms with van der Waals surface area (Å²) in [6, 6.07) is 6.04. The lowest BCUT2D eigenvalue weighted by molar-refractivity contribution is 0.114. The van der Waals surface area contributed by atoms with E-state index >= 15 is 0 Å². The second-order valence-electron chi connectivity index (χ2n) is 4.41. The number of nitrogens with zero attached hydrogens (tertiary/aromatic N) is 2. The summed E-state index contributed by atoms with van der Waals surface area (Å²) in [6.45, 7) is 5.59. The molecule has 16 heavy (non-hydrogen) atoms. The molecule has 1 N–H and O–H groups in total. The number of aliphatic hydroxyl groups excluding tert-OH is 1. The summed E-state index contributed by atoms with van der Waals surface area (Å²) in [5.41, 5.74) is 2.10. The Morgan fingerprint density at radius 1 is 1.44 bits per heavy atom. The third kappa shape index (κ3) is 4.73. The highest BCUT2D eigenvalue weighted by molar-refractivity contribution is 5.09. The van der Waals surface area contributed by atoms with Crippen molar-refractivity contribution >= 4 is 0 Å². The van der Waals surface area contributed by atoms with E-state index in [1.165, 1.54) is 0 Å². The van der Waals surface area contributed by atoms with Crippen molar-refractivity contribution in [3.8, 4) is 0 Å². The Bertz CT molecular complexity index is 315. The van der Waals surface area contributed by atoms with Gasteiger partial charge in [0.2, 0.25) is 0 Å². The summed E-state index contributed by atoms with van der Waals surface area (Å²) in [5, 5.41) is 9.69. The van der Waals surface area contributed by atoms with Crippen LogP contribution in [0.1, 0.15) is 31.2 Å². The minimum atomic E-state index is -0.222. The fourth-order valence-electron chi connectivity index (χ4n) is 1.81. The van der Waals surface area contributed by atoms with Gasteiger partial charge in [0.15, 0.2) is 0 Å². The molecule has 1 heterocycles. The standard InChI is InChI=1S/C13H22N2O/c1-4-6-13(16)10-15(3)9-12-8-5-7-11(2)14-12/h5,7-8,13,16H,4,6,9-10H2,1-3H3. The zero-order chi connectivity index (χ0) is 12.0. The molecule has 0 spiro atoms. The molecule has 0 bridgehead atoms. The van der Waals surface area contributed by atoms with Crippen molar-refractivity contribution in [2.24, 2.45) is 0 Å². The average molecular weight is 222 g/mol. The van der Waals surface area contributed by atoms with Crippen LogP contribution >= 0.6 is 0 Å². The minimum Gasteiger partial charge on any atom is -0.392 e. The number of rotatable bonds is 6. The Morgan fingerprint density at radius 3 is 2.81 bits per heavy atom. The first-order chi connectivity index (χ1) is 7.61. The zero-order valence-corrected chi connectivity index (χ0v) is 10.5. The van der Waals surface area contributed by atoms with E-state index in [-0.39, 0.29) is 6.10 Å². The molecule has 0 saturated carbocycles. The summed E-state index contributed by atoms with van der Waals surface area (Å²) in [4.78, 5) is 6.56. The van der Waals surface area contributed by atoms with Gasteiger partial charge in [0.05, 0.1) is 11.8 Å². The van der Waals surface area contributed by atoms with Crippen LogP contribution in [0.25, 0.3) is 0 Å². The van der Waals surface area contributed by atoms with Crippen LogP contribution in [0.4, 0.5) is 0 Å². The first kappa shape index (κ1) is 13.1. The largest absolute Gasteiger partial charge is 0.392 e. The van der Waals surface area contributed by atoms with Gasteiger partial charge in [-0.05, 0) is 32.5 Å². The highest BCUT2D eigenvalue weighted by Gasteiger charge is 2.08. The molecule has 1 unspecified atom stereocenters. The van der Waals surface area contributed by atoms with Gasteiger partial charge < -0.3 is 5.11 Å². The first-order valence-corrected chi connectivity index (χ1v) is 5.91. The monoisotopic (exact) mass is 222 g/mol. The van der Waals surface area contributed by atoms with Crippen molar-refractivity contribution in [2.75, 3.05) is 13.6 Å². The molecule has 0 amide bonds.